The first-order valence-electron chi connectivity index (χ1n) is 6.52. The molecule has 1 saturated heterocycles. The molecule has 0 amide bonds. The Morgan fingerprint density at radius 3 is 2.63 bits per heavy atom. The molecule has 1 heterocycles. The van der Waals surface area contributed by atoms with Crippen molar-refractivity contribution >= 4 is 37.5 Å². The van der Waals surface area contributed by atoms with Crippen LogP contribution in [-0.4, -0.2) is 33.3 Å². The summed E-state index contributed by atoms with van der Waals surface area (Å²) in [6.07, 6.45) is 1.17. The van der Waals surface area contributed by atoms with Gasteiger partial charge in [0.1, 0.15) is 5.75 Å². The third-order valence-corrected chi connectivity index (χ3v) is 5.09. The van der Waals surface area contributed by atoms with Crippen LogP contribution in [0.1, 0.15) is 13.3 Å². The second-order valence-electron chi connectivity index (χ2n) is 5.05. The van der Waals surface area contributed by atoms with E-state index >= 15 is 0 Å². The molecule has 1 aromatic carbocycles. The summed E-state index contributed by atoms with van der Waals surface area (Å²) in [5.41, 5.74) is 1.21. The largest absolute Gasteiger partial charge is 0.495 e. The van der Waals surface area contributed by atoms with Crippen LogP contribution in [0.2, 0.25) is 0 Å². The van der Waals surface area contributed by atoms with Crippen molar-refractivity contribution in [2.45, 2.75) is 19.4 Å². The summed E-state index contributed by atoms with van der Waals surface area (Å²) in [5, 5.41) is 3.40. The summed E-state index contributed by atoms with van der Waals surface area (Å²) >= 11 is 7.17. The molecule has 0 aliphatic carbocycles. The van der Waals surface area contributed by atoms with Gasteiger partial charge in [-0.15, -0.1) is 0 Å². The Kier molecular flexibility index (Phi) is 5.15. The second kappa shape index (κ2) is 6.46. The van der Waals surface area contributed by atoms with E-state index < -0.39 is 0 Å². The van der Waals surface area contributed by atoms with Crippen LogP contribution < -0.4 is 15.0 Å². The van der Waals surface area contributed by atoms with Crippen molar-refractivity contribution in [1.82, 2.24) is 5.32 Å². The topological polar surface area (TPSA) is 24.5 Å². The van der Waals surface area contributed by atoms with E-state index in [-0.39, 0.29) is 0 Å². The zero-order valence-corrected chi connectivity index (χ0v) is 14.7. The highest BCUT2D eigenvalue weighted by atomic mass is 79.9. The predicted molar refractivity (Wildman–Crippen MR) is 87.2 cm³/mol. The molecule has 0 radical (unpaired) electrons. The van der Waals surface area contributed by atoms with E-state index in [0.717, 1.165) is 27.8 Å². The smallest absolute Gasteiger partial charge is 0.135 e. The van der Waals surface area contributed by atoms with E-state index in [1.54, 1.807) is 7.11 Å². The van der Waals surface area contributed by atoms with Crippen molar-refractivity contribution in [2.24, 2.45) is 5.92 Å². The molecule has 0 spiro atoms. The Hall–Kier alpha value is -0.260. The second-order valence-corrected chi connectivity index (χ2v) is 6.75. The number of nitrogens with zero attached hydrogens (tertiary/aromatic N) is 1. The number of ether oxygens (including phenoxy) is 1. The first-order valence-corrected chi connectivity index (χ1v) is 8.10. The molecule has 1 aromatic rings. The lowest BCUT2D eigenvalue weighted by atomic mass is 9.93. The van der Waals surface area contributed by atoms with Gasteiger partial charge >= 0.3 is 0 Å². The summed E-state index contributed by atoms with van der Waals surface area (Å²) in [6.45, 7) is 4.44. The van der Waals surface area contributed by atoms with Crippen molar-refractivity contribution < 1.29 is 4.74 Å². The number of rotatable bonds is 3. The monoisotopic (exact) mass is 390 g/mol. The van der Waals surface area contributed by atoms with Crippen LogP contribution in [0.25, 0.3) is 0 Å². The predicted octanol–water partition coefficient (Wildman–Crippen LogP) is 3.65. The van der Waals surface area contributed by atoms with Crippen LogP contribution in [-0.2, 0) is 0 Å². The molecule has 0 saturated carbocycles. The Morgan fingerprint density at radius 1 is 1.32 bits per heavy atom. The molecule has 1 fully saturated rings. The number of hydrogen-bond acceptors (Lipinski definition) is 3. The van der Waals surface area contributed by atoms with Gasteiger partial charge in [-0.25, -0.2) is 0 Å². The van der Waals surface area contributed by atoms with Gasteiger partial charge in [0, 0.05) is 29.7 Å². The van der Waals surface area contributed by atoms with E-state index in [1.807, 2.05) is 0 Å². The summed E-state index contributed by atoms with van der Waals surface area (Å²) in [6, 6.07) is 4.77. The zero-order valence-electron chi connectivity index (χ0n) is 11.5. The minimum atomic E-state index is 0.618. The number of hydrogen-bond donors (Lipinski definition) is 1. The Balaban J connectivity index is 2.23. The van der Waals surface area contributed by atoms with Crippen LogP contribution in [0.15, 0.2) is 21.1 Å². The van der Waals surface area contributed by atoms with Crippen molar-refractivity contribution in [3.63, 3.8) is 0 Å². The average molecular weight is 392 g/mol. The molecule has 0 bridgehead atoms. The van der Waals surface area contributed by atoms with Gasteiger partial charge in [0.25, 0.3) is 0 Å². The van der Waals surface area contributed by atoms with Crippen LogP contribution in [0.3, 0.4) is 0 Å². The van der Waals surface area contributed by atoms with Crippen molar-refractivity contribution in [2.75, 3.05) is 32.1 Å². The lowest BCUT2D eigenvalue weighted by Gasteiger charge is -2.38. The molecular weight excluding hydrogens is 372 g/mol. The normalized spacial score (nSPS) is 23.5. The Bertz CT molecular complexity index is 453. The Morgan fingerprint density at radius 2 is 2.05 bits per heavy atom. The maximum atomic E-state index is 5.39. The van der Waals surface area contributed by atoms with Gasteiger partial charge in [-0.2, -0.15) is 0 Å². The molecule has 2 atom stereocenters. The van der Waals surface area contributed by atoms with Gasteiger partial charge < -0.3 is 15.0 Å². The molecule has 1 aliphatic rings. The summed E-state index contributed by atoms with van der Waals surface area (Å²) in [5.74, 6) is 1.52. The average Bonchev–Trinajstić information content (AvgIpc) is 2.39. The van der Waals surface area contributed by atoms with E-state index in [9.17, 15) is 0 Å². The van der Waals surface area contributed by atoms with E-state index in [1.165, 1.54) is 12.1 Å². The highest BCUT2D eigenvalue weighted by Crippen LogP contribution is 2.38. The minimum absolute atomic E-state index is 0.618. The Labute approximate surface area is 132 Å². The molecule has 2 rings (SSSR count). The molecule has 106 valence electrons. The highest BCUT2D eigenvalue weighted by molar-refractivity contribution is 9.11. The quantitative estimate of drug-likeness (QED) is 0.850. The zero-order chi connectivity index (χ0) is 14.0. The third-order valence-electron chi connectivity index (χ3n) is 3.84. The molecule has 1 N–H and O–H groups in total. The van der Waals surface area contributed by atoms with Gasteiger partial charge in [-0.05, 0) is 57.3 Å². The fourth-order valence-corrected chi connectivity index (χ4v) is 4.12. The SMILES string of the molecule is CNC1CCN(c2cc(OC)c(Br)cc2Br)CC1C. The fraction of sp³-hybridized carbons (Fsp3) is 0.571. The van der Waals surface area contributed by atoms with E-state index in [0.29, 0.717) is 12.0 Å². The molecule has 2 unspecified atom stereocenters. The molecule has 3 nitrogen and oxygen atoms in total. The lowest BCUT2D eigenvalue weighted by Crippen LogP contribution is -2.47. The molecule has 1 aliphatic heterocycles. The van der Waals surface area contributed by atoms with E-state index in [2.05, 4.69) is 68.2 Å². The maximum absolute atomic E-state index is 5.39. The third kappa shape index (κ3) is 3.26. The molecule has 19 heavy (non-hydrogen) atoms. The number of benzene rings is 1. The summed E-state index contributed by atoms with van der Waals surface area (Å²) in [4.78, 5) is 2.43. The summed E-state index contributed by atoms with van der Waals surface area (Å²) in [7, 11) is 3.75. The van der Waals surface area contributed by atoms with Gasteiger partial charge in [-0.3, -0.25) is 0 Å². The van der Waals surface area contributed by atoms with Crippen molar-refractivity contribution in [1.29, 1.82) is 0 Å². The standard InChI is InChI=1S/C14H20Br2N2O/c1-9-8-18(5-4-12(9)17-2)13-7-14(19-3)11(16)6-10(13)15/h6-7,9,12,17H,4-5,8H2,1-3H3. The maximum Gasteiger partial charge on any atom is 0.135 e. The van der Waals surface area contributed by atoms with E-state index in [4.69, 9.17) is 4.74 Å². The number of methoxy groups -OCH3 is 1. The van der Waals surface area contributed by atoms with Gasteiger partial charge in [0.05, 0.1) is 17.3 Å². The minimum Gasteiger partial charge on any atom is -0.495 e. The first kappa shape index (κ1) is 15.1. The van der Waals surface area contributed by atoms with Crippen LogP contribution in [0.5, 0.6) is 5.75 Å². The van der Waals surface area contributed by atoms with Gasteiger partial charge in [0.2, 0.25) is 0 Å². The highest BCUT2D eigenvalue weighted by Gasteiger charge is 2.26. The van der Waals surface area contributed by atoms with Crippen molar-refractivity contribution in [3.05, 3.63) is 21.1 Å². The number of piperidine rings is 1. The number of anilines is 1. The van der Waals surface area contributed by atoms with Crippen LogP contribution in [0.4, 0.5) is 5.69 Å². The summed E-state index contributed by atoms with van der Waals surface area (Å²) < 4.78 is 7.48. The van der Waals surface area contributed by atoms with Gasteiger partial charge in [0.15, 0.2) is 0 Å². The van der Waals surface area contributed by atoms with Crippen LogP contribution >= 0.6 is 31.9 Å². The first-order chi connectivity index (χ1) is 9.06. The fourth-order valence-electron chi connectivity index (χ4n) is 2.71. The van der Waals surface area contributed by atoms with Crippen molar-refractivity contribution in [3.8, 4) is 5.75 Å². The molecule has 0 aromatic heterocycles. The number of halogens is 2. The lowest BCUT2D eigenvalue weighted by molar-refractivity contribution is 0.338. The number of nitrogens with one attached hydrogen (secondary N) is 1. The van der Waals surface area contributed by atoms with Gasteiger partial charge in [-0.1, -0.05) is 6.92 Å². The van der Waals surface area contributed by atoms with Crippen LogP contribution in [0, 0.1) is 5.92 Å². The molecule has 5 heteroatoms. The molecular formula is C14H20Br2N2O.